The second-order valence-corrected chi connectivity index (χ2v) is 5.12. The Morgan fingerprint density at radius 1 is 1.00 bits per heavy atom. The third-order valence-corrected chi connectivity index (χ3v) is 3.46. The predicted octanol–water partition coefficient (Wildman–Crippen LogP) is 3.25. The molecule has 1 atom stereocenters. The van der Waals surface area contributed by atoms with E-state index >= 15 is 0 Å². The summed E-state index contributed by atoms with van der Waals surface area (Å²) in [5.74, 6) is 0.121. The standard InChI is InChI=1S/C15H29NO2/c1-14(18)15(11-13-17)10-8-6-4-2-3-5-7-9-12-16/h13,15H,2-12,16H2,1H3. The van der Waals surface area contributed by atoms with Crippen LogP contribution in [-0.2, 0) is 9.59 Å². The number of unbranched alkanes of at least 4 members (excludes halogenated alkanes) is 7. The van der Waals surface area contributed by atoms with Crippen LogP contribution < -0.4 is 5.73 Å². The van der Waals surface area contributed by atoms with E-state index in [1.807, 2.05) is 0 Å². The molecular formula is C15H29NO2. The molecule has 106 valence electrons. The molecule has 0 aliphatic carbocycles. The molecule has 0 aromatic rings. The number of ketones is 1. The number of hydrogen-bond acceptors (Lipinski definition) is 3. The van der Waals surface area contributed by atoms with Crippen LogP contribution in [0.5, 0.6) is 0 Å². The Hall–Kier alpha value is -0.700. The van der Waals surface area contributed by atoms with Crippen molar-refractivity contribution in [2.75, 3.05) is 6.54 Å². The largest absolute Gasteiger partial charge is 0.330 e. The van der Waals surface area contributed by atoms with Gasteiger partial charge in [-0.2, -0.15) is 0 Å². The summed E-state index contributed by atoms with van der Waals surface area (Å²) >= 11 is 0. The molecule has 0 amide bonds. The van der Waals surface area contributed by atoms with Crippen molar-refractivity contribution in [1.29, 1.82) is 0 Å². The molecule has 0 aliphatic rings. The van der Waals surface area contributed by atoms with E-state index in [-0.39, 0.29) is 11.7 Å². The minimum Gasteiger partial charge on any atom is -0.330 e. The van der Waals surface area contributed by atoms with E-state index in [1.54, 1.807) is 6.92 Å². The monoisotopic (exact) mass is 255 g/mol. The van der Waals surface area contributed by atoms with E-state index in [0.29, 0.717) is 6.42 Å². The first-order valence-electron chi connectivity index (χ1n) is 7.36. The summed E-state index contributed by atoms with van der Waals surface area (Å²) in [6.45, 7) is 2.40. The number of carbonyl (C=O) groups excluding carboxylic acids is 2. The van der Waals surface area contributed by atoms with Gasteiger partial charge >= 0.3 is 0 Å². The van der Waals surface area contributed by atoms with Crippen LogP contribution in [0.1, 0.15) is 71.1 Å². The Morgan fingerprint density at radius 3 is 1.94 bits per heavy atom. The first-order chi connectivity index (χ1) is 8.72. The molecule has 18 heavy (non-hydrogen) atoms. The number of nitrogens with two attached hydrogens (primary N) is 1. The van der Waals surface area contributed by atoms with Crippen molar-refractivity contribution in [3.8, 4) is 0 Å². The molecular weight excluding hydrogens is 226 g/mol. The van der Waals surface area contributed by atoms with E-state index in [0.717, 1.165) is 32.1 Å². The molecule has 0 bridgehead atoms. The average molecular weight is 255 g/mol. The van der Waals surface area contributed by atoms with Crippen molar-refractivity contribution in [1.82, 2.24) is 0 Å². The Morgan fingerprint density at radius 2 is 1.50 bits per heavy atom. The number of Topliss-reactive ketones (excluding diaryl/α,β-unsaturated/α-hetero) is 1. The van der Waals surface area contributed by atoms with Gasteiger partial charge in [-0.25, -0.2) is 0 Å². The molecule has 3 heteroatoms. The maximum Gasteiger partial charge on any atom is 0.133 e. The van der Waals surface area contributed by atoms with Gasteiger partial charge < -0.3 is 10.5 Å². The van der Waals surface area contributed by atoms with Gasteiger partial charge in [0.1, 0.15) is 12.1 Å². The second-order valence-electron chi connectivity index (χ2n) is 5.12. The summed E-state index contributed by atoms with van der Waals surface area (Å²) in [5.41, 5.74) is 5.43. The lowest BCUT2D eigenvalue weighted by molar-refractivity contribution is -0.123. The van der Waals surface area contributed by atoms with Crippen LogP contribution in [0.3, 0.4) is 0 Å². The summed E-state index contributed by atoms with van der Waals surface area (Å²) in [7, 11) is 0. The van der Waals surface area contributed by atoms with Gasteiger partial charge in [0.05, 0.1) is 0 Å². The van der Waals surface area contributed by atoms with E-state index in [4.69, 9.17) is 5.73 Å². The molecule has 0 rings (SSSR count). The Labute approximate surface area is 112 Å². The Kier molecular flexibility index (Phi) is 12.3. The highest BCUT2D eigenvalue weighted by Gasteiger charge is 2.12. The molecule has 0 saturated heterocycles. The van der Waals surface area contributed by atoms with Crippen LogP contribution in [-0.4, -0.2) is 18.6 Å². The zero-order valence-corrected chi connectivity index (χ0v) is 11.8. The smallest absolute Gasteiger partial charge is 0.133 e. The summed E-state index contributed by atoms with van der Waals surface area (Å²) < 4.78 is 0. The van der Waals surface area contributed by atoms with Gasteiger partial charge in [0.15, 0.2) is 0 Å². The lowest BCUT2D eigenvalue weighted by atomic mass is 9.94. The molecule has 0 saturated carbocycles. The van der Waals surface area contributed by atoms with Crippen molar-refractivity contribution in [2.24, 2.45) is 11.7 Å². The fourth-order valence-electron chi connectivity index (χ4n) is 2.20. The van der Waals surface area contributed by atoms with Crippen molar-refractivity contribution >= 4 is 12.1 Å². The number of aldehydes is 1. The Balaban J connectivity index is 3.32. The topological polar surface area (TPSA) is 60.2 Å². The molecule has 3 nitrogen and oxygen atoms in total. The van der Waals surface area contributed by atoms with Crippen molar-refractivity contribution in [2.45, 2.75) is 71.1 Å². The molecule has 0 radical (unpaired) electrons. The number of carbonyl (C=O) groups is 2. The molecule has 0 aromatic heterocycles. The van der Waals surface area contributed by atoms with Crippen molar-refractivity contribution < 1.29 is 9.59 Å². The number of hydrogen-bond donors (Lipinski definition) is 1. The van der Waals surface area contributed by atoms with E-state index in [2.05, 4.69) is 0 Å². The molecule has 0 heterocycles. The zero-order chi connectivity index (χ0) is 13.6. The fraction of sp³-hybridized carbons (Fsp3) is 0.867. The van der Waals surface area contributed by atoms with Gasteiger partial charge in [-0.3, -0.25) is 4.79 Å². The van der Waals surface area contributed by atoms with Gasteiger partial charge in [-0.05, 0) is 26.3 Å². The van der Waals surface area contributed by atoms with Crippen LogP contribution in [0.4, 0.5) is 0 Å². The highest BCUT2D eigenvalue weighted by Crippen LogP contribution is 2.15. The van der Waals surface area contributed by atoms with Crippen LogP contribution in [0.2, 0.25) is 0 Å². The molecule has 0 aromatic carbocycles. The molecule has 0 fully saturated rings. The fourth-order valence-corrected chi connectivity index (χ4v) is 2.20. The van der Waals surface area contributed by atoms with Gasteiger partial charge in [-0.15, -0.1) is 0 Å². The van der Waals surface area contributed by atoms with E-state index in [9.17, 15) is 9.59 Å². The predicted molar refractivity (Wildman–Crippen MR) is 75.5 cm³/mol. The first-order valence-corrected chi connectivity index (χ1v) is 7.36. The van der Waals surface area contributed by atoms with E-state index < -0.39 is 0 Å². The average Bonchev–Trinajstić information content (AvgIpc) is 2.35. The van der Waals surface area contributed by atoms with Crippen LogP contribution in [0.25, 0.3) is 0 Å². The molecule has 1 unspecified atom stereocenters. The highest BCUT2D eigenvalue weighted by atomic mass is 16.1. The normalized spacial score (nSPS) is 12.3. The summed E-state index contributed by atoms with van der Waals surface area (Å²) in [6, 6.07) is 0. The van der Waals surface area contributed by atoms with Crippen LogP contribution in [0, 0.1) is 5.92 Å². The quantitative estimate of drug-likeness (QED) is 0.406. The maximum absolute atomic E-state index is 11.2. The van der Waals surface area contributed by atoms with E-state index in [1.165, 1.54) is 38.5 Å². The molecule has 2 N–H and O–H groups in total. The Bertz CT molecular complexity index is 217. The van der Waals surface area contributed by atoms with Crippen molar-refractivity contribution in [3.63, 3.8) is 0 Å². The molecule has 0 spiro atoms. The third kappa shape index (κ3) is 10.5. The van der Waals surface area contributed by atoms with Crippen molar-refractivity contribution in [3.05, 3.63) is 0 Å². The summed E-state index contributed by atoms with van der Waals surface area (Å²) in [5, 5.41) is 0. The van der Waals surface area contributed by atoms with Gasteiger partial charge in [0.2, 0.25) is 0 Å². The second kappa shape index (κ2) is 12.7. The van der Waals surface area contributed by atoms with Gasteiger partial charge in [-0.1, -0.05) is 44.9 Å². The van der Waals surface area contributed by atoms with Crippen LogP contribution in [0.15, 0.2) is 0 Å². The minimum absolute atomic E-state index is 0.0351. The first kappa shape index (κ1) is 17.3. The van der Waals surface area contributed by atoms with Gasteiger partial charge in [0, 0.05) is 12.3 Å². The highest BCUT2D eigenvalue weighted by molar-refractivity contribution is 5.80. The summed E-state index contributed by atoms with van der Waals surface area (Å²) in [4.78, 5) is 21.7. The zero-order valence-electron chi connectivity index (χ0n) is 11.8. The number of rotatable bonds is 13. The summed E-state index contributed by atoms with van der Waals surface area (Å²) in [6.07, 6.45) is 11.9. The lowest BCUT2D eigenvalue weighted by Crippen LogP contribution is -2.11. The van der Waals surface area contributed by atoms with Gasteiger partial charge in [0.25, 0.3) is 0 Å². The molecule has 0 aliphatic heterocycles. The van der Waals surface area contributed by atoms with Crippen LogP contribution >= 0.6 is 0 Å². The SMILES string of the molecule is CC(=O)C(CC=O)CCCCCCCCCCN. The minimum atomic E-state index is -0.0351. The third-order valence-electron chi connectivity index (χ3n) is 3.46. The lowest BCUT2D eigenvalue weighted by Gasteiger charge is -2.09. The maximum atomic E-state index is 11.2.